The first-order valence-corrected chi connectivity index (χ1v) is 8.46. The van der Waals surface area contributed by atoms with Crippen molar-refractivity contribution in [2.75, 3.05) is 13.2 Å². The number of Topliss-reactive ketones (excluding diaryl/α,β-unsaturated/α-hetero) is 1. The van der Waals surface area contributed by atoms with Crippen LogP contribution in [-0.4, -0.2) is 35.7 Å². The minimum absolute atomic E-state index is 0.0747. The Kier molecular flexibility index (Phi) is 5.59. The van der Waals surface area contributed by atoms with Gasteiger partial charge in [-0.25, -0.2) is 13.6 Å². The number of hydrogen-bond acceptors (Lipinski definition) is 4. The van der Waals surface area contributed by atoms with Crippen LogP contribution in [0.4, 0.5) is 8.78 Å². The highest BCUT2D eigenvalue weighted by molar-refractivity contribution is 5.99. The Balaban J connectivity index is 1.62. The zero-order chi connectivity index (χ0) is 19.4. The van der Waals surface area contributed by atoms with Gasteiger partial charge in [0.1, 0.15) is 11.6 Å². The SMILES string of the molecule is O=C(OCC(=O)c1cc(F)ccc1F)c1cccc(CN2CCCC2=O)c1. The van der Waals surface area contributed by atoms with Crippen molar-refractivity contribution in [3.05, 3.63) is 70.8 Å². The molecule has 0 aromatic heterocycles. The molecule has 27 heavy (non-hydrogen) atoms. The molecule has 1 amide bonds. The van der Waals surface area contributed by atoms with Crippen molar-refractivity contribution in [1.29, 1.82) is 0 Å². The molecular formula is C20H17F2NO4. The van der Waals surface area contributed by atoms with Crippen LogP contribution in [0.5, 0.6) is 0 Å². The van der Waals surface area contributed by atoms with Crippen LogP contribution >= 0.6 is 0 Å². The first-order valence-electron chi connectivity index (χ1n) is 8.46. The lowest BCUT2D eigenvalue weighted by Gasteiger charge is -2.15. The van der Waals surface area contributed by atoms with Gasteiger partial charge in [0.2, 0.25) is 11.7 Å². The Bertz CT molecular complexity index is 897. The lowest BCUT2D eigenvalue weighted by molar-refractivity contribution is -0.128. The van der Waals surface area contributed by atoms with Crippen LogP contribution in [0.1, 0.15) is 39.1 Å². The standard InChI is InChI=1S/C20H17F2NO4/c21-15-6-7-17(22)16(10-15)18(24)12-27-20(26)14-4-1-3-13(9-14)11-23-8-2-5-19(23)25/h1,3-4,6-7,9-10H,2,5,8,11-12H2. The Morgan fingerprint density at radius 3 is 2.67 bits per heavy atom. The number of hydrogen-bond donors (Lipinski definition) is 0. The summed E-state index contributed by atoms with van der Waals surface area (Å²) in [6, 6.07) is 9.05. The Labute approximate surface area is 154 Å². The highest BCUT2D eigenvalue weighted by Gasteiger charge is 2.21. The number of nitrogens with zero attached hydrogens (tertiary/aromatic N) is 1. The van der Waals surface area contributed by atoms with E-state index in [0.29, 0.717) is 19.5 Å². The Morgan fingerprint density at radius 1 is 1.11 bits per heavy atom. The molecule has 1 fully saturated rings. The van der Waals surface area contributed by atoms with E-state index in [1.54, 1.807) is 23.1 Å². The number of ether oxygens (including phenoxy) is 1. The molecule has 1 aliphatic rings. The van der Waals surface area contributed by atoms with Crippen LogP contribution in [0, 0.1) is 11.6 Å². The molecule has 2 aromatic carbocycles. The largest absolute Gasteiger partial charge is 0.454 e. The van der Waals surface area contributed by atoms with Gasteiger partial charge in [-0.2, -0.15) is 0 Å². The minimum atomic E-state index is -0.880. The van der Waals surface area contributed by atoms with Crippen molar-refractivity contribution in [2.24, 2.45) is 0 Å². The molecule has 0 N–H and O–H groups in total. The molecule has 0 saturated carbocycles. The second kappa shape index (κ2) is 8.07. The molecular weight excluding hydrogens is 356 g/mol. The third-order valence-corrected chi connectivity index (χ3v) is 4.27. The van der Waals surface area contributed by atoms with E-state index in [0.717, 1.165) is 30.2 Å². The molecule has 0 unspecified atom stereocenters. The van der Waals surface area contributed by atoms with E-state index >= 15 is 0 Å². The van der Waals surface area contributed by atoms with E-state index in [9.17, 15) is 23.2 Å². The topological polar surface area (TPSA) is 63.7 Å². The van der Waals surface area contributed by atoms with E-state index in [1.165, 1.54) is 6.07 Å². The highest BCUT2D eigenvalue weighted by atomic mass is 19.1. The molecule has 7 heteroatoms. The van der Waals surface area contributed by atoms with Crippen LogP contribution in [0.25, 0.3) is 0 Å². The van der Waals surface area contributed by atoms with E-state index in [-0.39, 0.29) is 11.5 Å². The first-order chi connectivity index (χ1) is 12.9. The molecule has 140 valence electrons. The van der Waals surface area contributed by atoms with Gasteiger partial charge in [0.25, 0.3) is 0 Å². The summed E-state index contributed by atoms with van der Waals surface area (Å²) in [5, 5.41) is 0. The van der Waals surface area contributed by atoms with Crippen molar-refractivity contribution >= 4 is 17.7 Å². The number of carbonyl (C=O) groups excluding carboxylic acids is 3. The maximum atomic E-state index is 13.6. The van der Waals surface area contributed by atoms with Crippen LogP contribution < -0.4 is 0 Å². The summed E-state index contributed by atoms with van der Waals surface area (Å²) in [5.41, 5.74) is 0.512. The van der Waals surface area contributed by atoms with Gasteiger partial charge in [-0.15, -0.1) is 0 Å². The van der Waals surface area contributed by atoms with E-state index in [2.05, 4.69) is 0 Å². The van der Waals surface area contributed by atoms with Gasteiger partial charge in [-0.1, -0.05) is 12.1 Å². The predicted molar refractivity (Wildman–Crippen MR) is 92.1 cm³/mol. The third-order valence-electron chi connectivity index (χ3n) is 4.27. The van der Waals surface area contributed by atoms with Crippen molar-refractivity contribution in [1.82, 2.24) is 4.90 Å². The van der Waals surface area contributed by atoms with E-state index in [4.69, 9.17) is 4.74 Å². The third kappa shape index (κ3) is 4.55. The quantitative estimate of drug-likeness (QED) is 0.577. The average Bonchev–Trinajstić information content (AvgIpc) is 3.06. The zero-order valence-electron chi connectivity index (χ0n) is 14.4. The maximum Gasteiger partial charge on any atom is 0.338 e. The molecule has 0 bridgehead atoms. The van der Waals surface area contributed by atoms with Gasteiger partial charge in [0.05, 0.1) is 11.1 Å². The summed E-state index contributed by atoms with van der Waals surface area (Å²) in [5.74, 6) is -3.15. The number of amides is 1. The molecule has 3 rings (SSSR count). The number of ketones is 1. The lowest BCUT2D eigenvalue weighted by Crippen LogP contribution is -2.24. The van der Waals surface area contributed by atoms with E-state index < -0.39 is 35.6 Å². The molecule has 0 atom stereocenters. The Morgan fingerprint density at radius 2 is 1.93 bits per heavy atom. The number of benzene rings is 2. The molecule has 0 radical (unpaired) electrons. The summed E-state index contributed by atoms with van der Waals surface area (Å²) in [6.07, 6.45) is 1.35. The van der Waals surface area contributed by atoms with Gasteiger partial charge in [0, 0.05) is 19.5 Å². The van der Waals surface area contributed by atoms with Gasteiger partial charge in [0.15, 0.2) is 6.61 Å². The summed E-state index contributed by atoms with van der Waals surface area (Å²) < 4.78 is 31.7. The second-order valence-electron chi connectivity index (χ2n) is 6.24. The van der Waals surface area contributed by atoms with Crippen molar-refractivity contribution in [2.45, 2.75) is 19.4 Å². The molecule has 1 heterocycles. The fraction of sp³-hybridized carbons (Fsp3) is 0.250. The van der Waals surface area contributed by atoms with Gasteiger partial charge < -0.3 is 9.64 Å². The molecule has 1 saturated heterocycles. The van der Waals surface area contributed by atoms with Crippen molar-refractivity contribution in [3.8, 4) is 0 Å². The number of likely N-dealkylation sites (tertiary alicyclic amines) is 1. The highest BCUT2D eigenvalue weighted by Crippen LogP contribution is 2.16. The summed E-state index contributed by atoms with van der Waals surface area (Å²) in [6.45, 7) is 0.378. The second-order valence-corrected chi connectivity index (χ2v) is 6.24. The van der Waals surface area contributed by atoms with Gasteiger partial charge in [-0.05, 0) is 42.3 Å². The normalized spacial score (nSPS) is 13.7. The number of carbonyl (C=O) groups is 3. The monoisotopic (exact) mass is 373 g/mol. The molecule has 0 spiro atoms. The summed E-state index contributed by atoms with van der Waals surface area (Å²) in [4.78, 5) is 37.5. The Hall–Kier alpha value is -3.09. The fourth-order valence-corrected chi connectivity index (χ4v) is 2.89. The maximum absolute atomic E-state index is 13.6. The number of rotatable bonds is 6. The lowest BCUT2D eigenvalue weighted by atomic mass is 10.1. The average molecular weight is 373 g/mol. The molecule has 1 aliphatic heterocycles. The van der Waals surface area contributed by atoms with Gasteiger partial charge in [-0.3, -0.25) is 9.59 Å². The minimum Gasteiger partial charge on any atom is -0.454 e. The van der Waals surface area contributed by atoms with Crippen molar-refractivity contribution < 1.29 is 27.9 Å². The zero-order valence-corrected chi connectivity index (χ0v) is 14.4. The predicted octanol–water partition coefficient (Wildman–Crippen LogP) is 3.13. The number of halogens is 2. The fourth-order valence-electron chi connectivity index (χ4n) is 2.89. The molecule has 0 aliphatic carbocycles. The van der Waals surface area contributed by atoms with Crippen LogP contribution in [0.3, 0.4) is 0 Å². The number of esters is 1. The van der Waals surface area contributed by atoms with Crippen molar-refractivity contribution in [3.63, 3.8) is 0 Å². The van der Waals surface area contributed by atoms with E-state index in [1.807, 2.05) is 0 Å². The molecule has 2 aromatic rings. The van der Waals surface area contributed by atoms with Crippen LogP contribution in [0.15, 0.2) is 42.5 Å². The van der Waals surface area contributed by atoms with Gasteiger partial charge >= 0.3 is 5.97 Å². The van der Waals surface area contributed by atoms with Crippen LogP contribution in [-0.2, 0) is 16.1 Å². The summed E-state index contributed by atoms with van der Waals surface area (Å²) >= 11 is 0. The summed E-state index contributed by atoms with van der Waals surface area (Å²) in [7, 11) is 0. The first kappa shape index (κ1) is 18.7. The smallest absolute Gasteiger partial charge is 0.338 e. The molecule has 5 nitrogen and oxygen atoms in total. The van der Waals surface area contributed by atoms with Crippen LogP contribution in [0.2, 0.25) is 0 Å².